The van der Waals surface area contributed by atoms with Crippen molar-refractivity contribution >= 4 is 17.6 Å². The predicted molar refractivity (Wildman–Crippen MR) is 107 cm³/mol. The number of nitrogens with one attached hydrogen (secondary N) is 1. The average molecular weight is 403 g/mol. The SMILES string of the molecule is CCOC(=O)COc1cccc(NC(=O)Cc2cc(OC)c(OC)c(OC)c2)c1. The zero-order chi connectivity index (χ0) is 21.2. The molecule has 0 radical (unpaired) electrons. The van der Waals surface area contributed by atoms with E-state index >= 15 is 0 Å². The van der Waals surface area contributed by atoms with Gasteiger partial charge in [0.05, 0.1) is 34.4 Å². The summed E-state index contributed by atoms with van der Waals surface area (Å²) in [4.78, 5) is 23.8. The van der Waals surface area contributed by atoms with Gasteiger partial charge in [0.2, 0.25) is 11.7 Å². The second-order valence-corrected chi connectivity index (χ2v) is 5.88. The van der Waals surface area contributed by atoms with Gasteiger partial charge in [-0.1, -0.05) is 6.07 Å². The number of hydrogen-bond donors (Lipinski definition) is 1. The van der Waals surface area contributed by atoms with Gasteiger partial charge in [0.1, 0.15) is 5.75 Å². The van der Waals surface area contributed by atoms with Crippen LogP contribution in [0.1, 0.15) is 12.5 Å². The van der Waals surface area contributed by atoms with Crippen LogP contribution < -0.4 is 24.3 Å². The topological polar surface area (TPSA) is 92.3 Å². The van der Waals surface area contributed by atoms with E-state index in [1.807, 2.05) is 0 Å². The monoisotopic (exact) mass is 403 g/mol. The van der Waals surface area contributed by atoms with Gasteiger partial charge in [-0.15, -0.1) is 0 Å². The number of carbonyl (C=O) groups is 2. The van der Waals surface area contributed by atoms with Crippen molar-refractivity contribution in [3.05, 3.63) is 42.0 Å². The Hall–Kier alpha value is -3.42. The Labute approximate surface area is 169 Å². The number of anilines is 1. The lowest BCUT2D eigenvalue weighted by Crippen LogP contribution is -2.16. The van der Waals surface area contributed by atoms with E-state index in [2.05, 4.69) is 5.32 Å². The third-order valence-corrected chi connectivity index (χ3v) is 3.87. The molecule has 2 rings (SSSR count). The summed E-state index contributed by atoms with van der Waals surface area (Å²) in [5, 5.41) is 2.80. The summed E-state index contributed by atoms with van der Waals surface area (Å²) in [7, 11) is 4.55. The largest absolute Gasteiger partial charge is 0.493 e. The van der Waals surface area contributed by atoms with Gasteiger partial charge >= 0.3 is 5.97 Å². The van der Waals surface area contributed by atoms with Crippen LogP contribution in [0, 0.1) is 0 Å². The molecule has 0 bridgehead atoms. The molecule has 8 nitrogen and oxygen atoms in total. The van der Waals surface area contributed by atoms with Crippen LogP contribution in [0.5, 0.6) is 23.0 Å². The van der Waals surface area contributed by atoms with E-state index in [1.165, 1.54) is 21.3 Å². The maximum Gasteiger partial charge on any atom is 0.344 e. The molecule has 2 aromatic carbocycles. The molecule has 1 N–H and O–H groups in total. The third-order valence-electron chi connectivity index (χ3n) is 3.87. The molecule has 0 fully saturated rings. The lowest BCUT2D eigenvalue weighted by molar-refractivity contribution is -0.145. The maximum atomic E-state index is 12.5. The summed E-state index contributed by atoms with van der Waals surface area (Å²) in [6, 6.07) is 10.2. The molecule has 0 aliphatic rings. The molecule has 0 spiro atoms. The van der Waals surface area contributed by atoms with Crippen LogP contribution in [-0.4, -0.2) is 46.4 Å². The molecule has 0 aliphatic carbocycles. The van der Waals surface area contributed by atoms with E-state index in [0.717, 1.165) is 0 Å². The second-order valence-electron chi connectivity index (χ2n) is 5.88. The Balaban J connectivity index is 2.04. The molecule has 8 heteroatoms. The third kappa shape index (κ3) is 6.31. The quantitative estimate of drug-likeness (QED) is 0.610. The first-order chi connectivity index (χ1) is 14.0. The van der Waals surface area contributed by atoms with Gasteiger partial charge in [-0.05, 0) is 36.8 Å². The molecule has 0 saturated heterocycles. The minimum Gasteiger partial charge on any atom is -0.493 e. The van der Waals surface area contributed by atoms with Crippen molar-refractivity contribution in [2.75, 3.05) is 39.9 Å². The summed E-state index contributed by atoms with van der Waals surface area (Å²) in [6.45, 7) is 1.82. The van der Waals surface area contributed by atoms with Crippen molar-refractivity contribution in [2.24, 2.45) is 0 Å². The van der Waals surface area contributed by atoms with E-state index in [1.54, 1.807) is 43.3 Å². The lowest BCUT2D eigenvalue weighted by Gasteiger charge is -2.14. The fourth-order valence-corrected chi connectivity index (χ4v) is 2.64. The molecule has 156 valence electrons. The molecule has 29 heavy (non-hydrogen) atoms. The average Bonchev–Trinajstić information content (AvgIpc) is 2.71. The number of hydrogen-bond acceptors (Lipinski definition) is 7. The Kier molecular flexibility index (Phi) is 8.14. The molecule has 0 aliphatic heterocycles. The van der Waals surface area contributed by atoms with Gasteiger partial charge in [-0.3, -0.25) is 4.79 Å². The van der Waals surface area contributed by atoms with Crippen molar-refractivity contribution < 1.29 is 33.3 Å². The van der Waals surface area contributed by atoms with E-state index in [4.69, 9.17) is 23.7 Å². The number of carbonyl (C=O) groups excluding carboxylic acids is 2. The first-order valence-corrected chi connectivity index (χ1v) is 8.97. The van der Waals surface area contributed by atoms with Gasteiger partial charge in [0.15, 0.2) is 18.1 Å². The summed E-state index contributed by atoms with van der Waals surface area (Å²) in [6.07, 6.45) is 0.102. The van der Waals surface area contributed by atoms with Crippen LogP contribution >= 0.6 is 0 Å². The maximum absolute atomic E-state index is 12.5. The number of rotatable bonds is 10. The van der Waals surface area contributed by atoms with Crippen LogP contribution in [0.3, 0.4) is 0 Å². The van der Waals surface area contributed by atoms with Gasteiger partial charge in [0, 0.05) is 11.8 Å². The van der Waals surface area contributed by atoms with E-state index in [9.17, 15) is 9.59 Å². The predicted octanol–water partition coefficient (Wildman–Crippen LogP) is 2.84. The molecule has 2 aromatic rings. The molecule has 0 aromatic heterocycles. The van der Waals surface area contributed by atoms with Crippen LogP contribution in [0.4, 0.5) is 5.69 Å². The van der Waals surface area contributed by atoms with Crippen molar-refractivity contribution in [1.82, 2.24) is 0 Å². The van der Waals surface area contributed by atoms with Crippen LogP contribution in [0.2, 0.25) is 0 Å². The summed E-state index contributed by atoms with van der Waals surface area (Å²) in [5.74, 6) is 1.17. The number of esters is 1. The van der Waals surface area contributed by atoms with Crippen molar-refractivity contribution in [3.63, 3.8) is 0 Å². The van der Waals surface area contributed by atoms with Crippen LogP contribution in [0.15, 0.2) is 36.4 Å². The minimum atomic E-state index is -0.454. The highest BCUT2D eigenvalue weighted by Gasteiger charge is 2.15. The summed E-state index contributed by atoms with van der Waals surface area (Å²) in [5.41, 5.74) is 1.25. The van der Waals surface area contributed by atoms with E-state index in [-0.39, 0.29) is 18.9 Å². The van der Waals surface area contributed by atoms with Crippen molar-refractivity contribution in [1.29, 1.82) is 0 Å². The molecular formula is C21H25NO7. The number of ether oxygens (including phenoxy) is 5. The fraction of sp³-hybridized carbons (Fsp3) is 0.333. The standard InChI is InChI=1S/C21H25NO7/c1-5-28-20(24)13-29-16-8-6-7-15(12-16)22-19(23)11-14-9-17(25-2)21(27-4)18(10-14)26-3/h6-10,12H,5,11,13H2,1-4H3,(H,22,23). The summed E-state index contributed by atoms with van der Waals surface area (Å²) >= 11 is 0. The Morgan fingerprint density at radius 2 is 1.66 bits per heavy atom. The molecule has 0 atom stereocenters. The zero-order valence-corrected chi connectivity index (χ0v) is 16.9. The van der Waals surface area contributed by atoms with Gasteiger partial charge < -0.3 is 29.0 Å². The van der Waals surface area contributed by atoms with Gasteiger partial charge in [0.25, 0.3) is 0 Å². The Morgan fingerprint density at radius 3 is 2.24 bits per heavy atom. The highest BCUT2D eigenvalue weighted by molar-refractivity contribution is 5.92. The number of benzene rings is 2. The number of methoxy groups -OCH3 is 3. The fourth-order valence-electron chi connectivity index (χ4n) is 2.64. The van der Waals surface area contributed by atoms with E-state index in [0.29, 0.717) is 40.9 Å². The smallest absolute Gasteiger partial charge is 0.344 e. The lowest BCUT2D eigenvalue weighted by atomic mass is 10.1. The first kappa shape index (κ1) is 21.9. The normalized spacial score (nSPS) is 10.1. The highest BCUT2D eigenvalue weighted by Crippen LogP contribution is 2.38. The Morgan fingerprint density at radius 1 is 0.966 bits per heavy atom. The molecule has 0 heterocycles. The summed E-state index contributed by atoms with van der Waals surface area (Å²) < 4.78 is 26.1. The van der Waals surface area contributed by atoms with Gasteiger partial charge in [-0.25, -0.2) is 4.79 Å². The highest BCUT2D eigenvalue weighted by atomic mass is 16.6. The zero-order valence-electron chi connectivity index (χ0n) is 16.9. The van der Waals surface area contributed by atoms with E-state index < -0.39 is 5.97 Å². The minimum absolute atomic E-state index is 0.102. The number of amides is 1. The molecule has 0 unspecified atom stereocenters. The van der Waals surface area contributed by atoms with Crippen molar-refractivity contribution in [3.8, 4) is 23.0 Å². The molecular weight excluding hydrogens is 378 g/mol. The van der Waals surface area contributed by atoms with Crippen molar-refractivity contribution in [2.45, 2.75) is 13.3 Å². The second kappa shape index (κ2) is 10.8. The first-order valence-electron chi connectivity index (χ1n) is 8.97. The van der Waals surface area contributed by atoms with Crippen LogP contribution in [0.25, 0.3) is 0 Å². The Bertz CT molecular complexity index is 826. The van der Waals surface area contributed by atoms with Gasteiger partial charge in [-0.2, -0.15) is 0 Å². The molecule has 1 amide bonds. The molecule has 0 saturated carbocycles. The van der Waals surface area contributed by atoms with Crippen LogP contribution in [-0.2, 0) is 20.7 Å².